The summed E-state index contributed by atoms with van der Waals surface area (Å²) in [7, 11) is 3.64. The van der Waals surface area contributed by atoms with Crippen LogP contribution in [0.15, 0.2) is 36.7 Å². The summed E-state index contributed by atoms with van der Waals surface area (Å²) in [5.74, 6) is 1.22. The second kappa shape index (κ2) is 6.57. The van der Waals surface area contributed by atoms with E-state index in [4.69, 9.17) is 4.74 Å². The Labute approximate surface area is 120 Å². The maximum atomic E-state index is 5.15. The highest BCUT2D eigenvalue weighted by molar-refractivity contribution is 5.19. The molecule has 1 unspecified atom stereocenters. The zero-order chi connectivity index (χ0) is 14.5. The summed E-state index contributed by atoms with van der Waals surface area (Å²) in [6, 6.07) is 8.40. The fourth-order valence-corrected chi connectivity index (χ4v) is 2.47. The number of hydrogen-bond acceptors (Lipinski definition) is 3. The van der Waals surface area contributed by atoms with Gasteiger partial charge in [-0.05, 0) is 30.7 Å². The van der Waals surface area contributed by atoms with Gasteiger partial charge in [0.1, 0.15) is 0 Å². The van der Waals surface area contributed by atoms with Crippen LogP contribution in [0.2, 0.25) is 0 Å². The Bertz CT molecular complexity index is 548. The molecule has 0 spiro atoms. The lowest BCUT2D eigenvalue weighted by atomic mass is 9.99. The third kappa shape index (κ3) is 3.39. The molecule has 1 atom stereocenters. The lowest BCUT2D eigenvalue weighted by Crippen LogP contribution is -2.21. The highest BCUT2D eigenvalue weighted by atomic mass is 16.5. The number of nitrogens with zero attached hydrogens (tertiary/aromatic N) is 2. The summed E-state index contributed by atoms with van der Waals surface area (Å²) in [4.78, 5) is 4.44. The van der Waals surface area contributed by atoms with Crippen LogP contribution in [0.4, 0.5) is 0 Å². The van der Waals surface area contributed by atoms with Crippen molar-refractivity contribution in [1.29, 1.82) is 0 Å². The van der Waals surface area contributed by atoms with E-state index >= 15 is 0 Å². The number of aromatic nitrogens is 2. The van der Waals surface area contributed by atoms with E-state index in [1.54, 1.807) is 7.11 Å². The van der Waals surface area contributed by atoms with E-state index in [2.05, 4.69) is 47.2 Å². The molecule has 4 nitrogen and oxygen atoms in total. The molecule has 20 heavy (non-hydrogen) atoms. The first-order chi connectivity index (χ1) is 9.63. The number of methoxy groups -OCH3 is 1. The van der Waals surface area contributed by atoms with E-state index in [-0.39, 0.29) is 0 Å². The van der Waals surface area contributed by atoms with Gasteiger partial charge in [0.15, 0.2) is 0 Å². The van der Waals surface area contributed by atoms with E-state index < -0.39 is 0 Å². The van der Waals surface area contributed by atoms with Crippen LogP contribution in [0.25, 0.3) is 0 Å². The Balaban J connectivity index is 2.12. The lowest BCUT2D eigenvalue weighted by Gasteiger charge is -2.18. The molecule has 2 aromatic heterocycles. The Morgan fingerprint density at radius 2 is 2.10 bits per heavy atom. The van der Waals surface area contributed by atoms with Gasteiger partial charge in [0.2, 0.25) is 5.88 Å². The molecule has 0 amide bonds. The smallest absolute Gasteiger partial charge is 0.213 e. The third-order valence-corrected chi connectivity index (χ3v) is 3.45. The number of nitrogens with one attached hydrogen (secondary N) is 1. The number of ether oxygens (including phenoxy) is 1. The molecule has 0 aliphatic carbocycles. The van der Waals surface area contributed by atoms with Crippen LogP contribution in [0.3, 0.4) is 0 Å². The Kier molecular flexibility index (Phi) is 4.79. The van der Waals surface area contributed by atoms with Gasteiger partial charge in [-0.15, -0.1) is 0 Å². The van der Waals surface area contributed by atoms with Crippen LogP contribution in [0.5, 0.6) is 5.88 Å². The van der Waals surface area contributed by atoms with E-state index in [9.17, 15) is 0 Å². The molecule has 108 valence electrons. The molecular weight excluding hydrogens is 250 g/mol. The monoisotopic (exact) mass is 273 g/mol. The number of hydrogen-bond donors (Lipinski definition) is 1. The van der Waals surface area contributed by atoms with Crippen LogP contribution >= 0.6 is 0 Å². The first-order valence-electron chi connectivity index (χ1n) is 6.97. The van der Waals surface area contributed by atoms with Crippen molar-refractivity contribution in [3.8, 4) is 5.88 Å². The zero-order valence-corrected chi connectivity index (χ0v) is 12.6. The molecule has 0 saturated carbocycles. The number of rotatable bonds is 6. The van der Waals surface area contributed by atoms with Crippen molar-refractivity contribution in [1.82, 2.24) is 14.9 Å². The van der Waals surface area contributed by atoms with Crippen molar-refractivity contribution in [3.05, 3.63) is 47.9 Å². The van der Waals surface area contributed by atoms with Gasteiger partial charge in [0.05, 0.1) is 19.3 Å². The van der Waals surface area contributed by atoms with Crippen molar-refractivity contribution in [2.75, 3.05) is 14.2 Å². The lowest BCUT2D eigenvalue weighted by molar-refractivity contribution is 0.396. The van der Waals surface area contributed by atoms with Crippen molar-refractivity contribution in [2.24, 2.45) is 5.92 Å². The van der Waals surface area contributed by atoms with Crippen LogP contribution < -0.4 is 10.1 Å². The summed E-state index contributed by atoms with van der Waals surface area (Å²) in [5.41, 5.74) is 2.31. The van der Waals surface area contributed by atoms with Crippen LogP contribution in [-0.2, 0) is 6.54 Å². The first kappa shape index (κ1) is 14.6. The van der Waals surface area contributed by atoms with Gasteiger partial charge in [0, 0.05) is 24.5 Å². The second-order valence-electron chi connectivity index (χ2n) is 5.30. The van der Waals surface area contributed by atoms with Gasteiger partial charge in [-0.25, -0.2) is 4.98 Å². The molecule has 1 N–H and O–H groups in total. The third-order valence-electron chi connectivity index (χ3n) is 3.45. The van der Waals surface area contributed by atoms with Crippen LogP contribution in [0, 0.1) is 5.92 Å². The normalized spacial score (nSPS) is 12.7. The Morgan fingerprint density at radius 3 is 2.75 bits per heavy atom. The quantitative estimate of drug-likeness (QED) is 0.879. The fraction of sp³-hybridized carbons (Fsp3) is 0.438. The van der Waals surface area contributed by atoms with E-state index in [0.29, 0.717) is 17.8 Å². The summed E-state index contributed by atoms with van der Waals surface area (Å²) in [6.45, 7) is 5.20. The minimum absolute atomic E-state index is 0.384. The molecule has 0 aromatic carbocycles. The van der Waals surface area contributed by atoms with E-state index in [0.717, 1.165) is 12.2 Å². The molecule has 0 aliphatic heterocycles. The molecule has 0 saturated heterocycles. The minimum Gasteiger partial charge on any atom is -0.481 e. The molecule has 4 heteroatoms. The Hall–Kier alpha value is -1.81. The summed E-state index contributed by atoms with van der Waals surface area (Å²) in [5, 5.41) is 3.36. The van der Waals surface area contributed by atoms with Gasteiger partial charge in [-0.1, -0.05) is 19.9 Å². The molecule has 0 aliphatic rings. The average molecular weight is 273 g/mol. The maximum absolute atomic E-state index is 5.15. The summed E-state index contributed by atoms with van der Waals surface area (Å²) in [6.07, 6.45) is 4.28. The molecule has 2 heterocycles. The predicted molar refractivity (Wildman–Crippen MR) is 81.0 cm³/mol. The summed E-state index contributed by atoms with van der Waals surface area (Å²) < 4.78 is 7.31. The summed E-state index contributed by atoms with van der Waals surface area (Å²) >= 11 is 0. The van der Waals surface area contributed by atoms with Gasteiger partial charge >= 0.3 is 0 Å². The van der Waals surface area contributed by atoms with Crippen molar-refractivity contribution in [2.45, 2.75) is 26.4 Å². The molecule has 2 aromatic rings. The molecule has 0 bridgehead atoms. The SMILES string of the molecule is CNC(c1ccn(Cc2cccc(OC)n2)c1)C(C)C. The number of pyridine rings is 1. The molecular formula is C16H23N3O. The van der Waals surface area contributed by atoms with E-state index in [1.165, 1.54) is 5.56 Å². The highest BCUT2D eigenvalue weighted by Crippen LogP contribution is 2.21. The van der Waals surface area contributed by atoms with Crippen LogP contribution in [-0.4, -0.2) is 23.7 Å². The standard InChI is InChI=1S/C16H23N3O/c1-12(2)16(17-3)13-8-9-19(10-13)11-14-6-5-7-15(18-14)20-4/h5-10,12,16-17H,11H2,1-4H3. The molecule has 0 radical (unpaired) electrons. The van der Waals surface area contributed by atoms with Gasteiger partial charge in [0.25, 0.3) is 0 Å². The van der Waals surface area contributed by atoms with Crippen LogP contribution in [0.1, 0.15) is 31.1 Å². The van der Waals surface area contributed by atoms with Crippen molar-refractivity contribution < 1.29 is 4.74 Å². The van der Waals surface area contributed by atoms with E-state index in [1.807, 2.05) is 25.2 Å². The highest BCUT2D eigenvalue weighted by Gasteiger charge is 2.14. The largest absolute Gasteiger partial charge is 0.481 e. The van der Waals surface area contributed by atoms with Gasteiger partial charge < -0.3 is 14.6 Å². The molecule has 2 rings (SSSR count). The second-order valence-corrected chi connectivity index (χ2v) is 5.30. The van der Waals surface area contributed by atoms with Crippen molar-refractivity contribution in [3.63, 3.8) is 0 Å². The first-order valence-corrected chi connectivity index (χ1v) is 6.97. The fourth-order valence-electron chi connectivity index (χ4n) is 2.47. The topological polar surface area (TPSA) is 39.1 Å². The van der Waals surface area contributed by atoms with Crippen molar-refractivity contribution >= 4 is 0 Å². The van der Waals surface area contributed by atoms with Gasteiger partial charge in [-0.3, -0.25) is 0 Å². The predicted octanol–water partition coefficient (Wildman–Crippen LogP) is 2.86. The van der Waals surface area contributed by atoms with Gasteiger partial charge in [-0.2, -0.15) is 0 Å². The Morgan fingerprint density at radius 1 is 1.30 bits per heavy atom. The average Bonchev–Trinajstić information content (AvgIpc) is 2.87. The molecule has 0 fully saturated rings. The minimum atomic E-state index is 0.384. The zero-order valence-electron chi connectivity index (χ0n) is 12.6. The maximum Gasteiger partial charge on any atom is 0.213 e.